The summed E-state index contributed by atoms with van der Waals surface area (Å²) < 4.78 is 31.4. The Morgan fingerprint density at radius 2 is 1.40 bits per heavy atom. The number of carbonyl (C=O) groups is 9. The molecule has 1 aromatic heterocycles. The van der Waals surface area contributed by atoms with Crippen LogP contribution in [0.3, 0.4) is 0 Å². The number of nitrogens with one attached hydrogen (secondary N) is 5. The second kappa shape index (κ2) is 31.6. The van der Waals surface area contributed by atoms with E-state index in [1.807, 2.05) is 55.5 Å². The molecule has 1 aliphatic carbocycles. The standard InChI is InChI=1S/C75H85N13O16/c1-7-87-68-51-17-11-12-18-55(51)85(39-47-15-9-10-16-50(47)67(68)82-83-87)65(93)24-23-62(90)77-36-63(91)78-37-64(92)81-66(43(2)3)70(95)79-44(4)69(94)80-48-21-19-45(20-22-48)41-104-74(99)88-56-33-61(59(101-6)31-53(56)72(97)86-42-75(25-26-75)34-57(86)73(88)98)103-28-14-8-13-27-102-60-32-54-52(30-58(60)100-5)71(96)84-38-46(40-89)29-49(84)35-76-54/h9-12,15-22,30-33,35,38,43-44,49,57,66,73,89,98H,7-8,13-14,23-29,34,36-37,39-42H2,1-6H3,(H,77,90)(H,78,91)(H,79,95)(H,80,94)(H,81,92)/t44-,49-,57-,66-,73?/m0/s1. The Morgan fingerprint density at radius 1 is 0.721 bits per heavy atom. The third-order valence-electron chi connectivity index (χ3n) is 19.6. The first-order chi connectivity index (χ1) is 50.2. The summed E-state index contributed by atoms with van der Waals surface area (Å²) in [6.07, 6.45) is 5.20. The molecule has 1 unspecified atom stereocenters. The molecule has 1 saturated heterocycles. The minimum absolute atomic E-state index is 0.0789. The van der Waals surface area contributed by atoms with Crippen molar-refractivity contribution in [1.82, 2.24) is 46.1 Å². The number of carbonyl (C=O) groups excluding carboxylic acids is 9. The molecule has 1 spiro atoms. The highest BCUT2D eigenvalue weighted by atomic mass is 16.6. The van der Waals surface area contributed by atoms with Gasteiger partial charge >= 0.3 is 6.09 Å². The summed E-state index contributed by atoms with van der Waals surface area (Å²) in [6, 6.07) is 24.6. The number of amides is 9. The Labute approximate surface area is 600 Å². The van der Waals surface area contributed by atoms with Crippen LogP contribution in [0.5, 0.6) is 23.0 Å². The van der Waals surface area contributed by atoms with Crippen molar-refractivity contribution in [2.45, 2.75) is 136 Å². The lowest BCUT2D eigenvalue weighted by Crippen LogP contribution is -2.55. The Kier molecular flexibility index (Phi) is 22.0. The fourth-order valence-electron chi connectivity index (χ4n) is 13.7. The molecule has 29 nitrogen and oxygen atoms in total. The molecule has 1 saturated carbocycles. The van der Waals surface area contributed by atoms with Crippen LogP contribution >= 0.6 is 0 Å². The van der Waals surface area contributed by atoms with Crippen LogP contribution < -0.4 is 55.3 Å². The Balaban J connectivity index is 0.591. The van der Waals surface area contributed by atoms with Crippen LogP contribution in [0.25, 0.3) is 22.5 Å². The van der Waals surface area contributed by atoms with E-state index in [4.69, 9.17) is 23.7 Å². The highest BCUT2D eigenvalue weighted by Gasteiger charge is 2.58. The summed E-state index contributed by atoms with van der Waals surface area (Å²) >= 11 is 0. The fraction of sp³-hybridized carbons (Fsp3) is 0.413. The van der Waals surface area contributed by atoms with Gasteiger partial charge in [0.1, 0.15) is 24.4 Å². The largest absolute Gasteiger partial charge is 0.493 e. The maximum absolute atomic E-state index is 14.5. The van der Waals surface area contributed by atoms with E-state index in [1.54, 1.807) is 82.0 Å². The van der Waals surface area contributed by atoms with Crippen molar-refractivity contribution >= 4 is 82.3 Å². The summed E-state index contributed by atoms with van der Waals surface area (Å²) in [6.45, 7) is 7.12. The maximum atomic E-state index is 14.5. The number of nitrogens with zero attached hydrogens (tertiary/aromatic N) is 8. The number of aliphatic imine (C=N–C) groups is 1. The molecule has 7 N–H and O–H groups in total. The van der Waals surface area contributed by atoms with Crippen LogP contribution in [-0.2, 0) is 53.2 Å². The molecule has 5 aliphatic heterocycles. The predicted molar refractivity (Wildman–Crippen MR) is 381 cm³/mol. The first kappa shape index (κ1) is 72.6. The van der Waals surface area contributed by atoms with Crippen molar-refractivity contribution in [2.75, 3.05) is 68.8 Å². The molecule has 6 heterocycles. The van der Waals surface area contributed by atoms with Gasteiger partial charge in [0.25, 0.3) is 11.8 Å². The number of aromatic nitrogens is 3. The Hall–Kier alpha value is -11.2. The average molecular weight is 1420 g/mol. The van der Waals surface area contributed by atoms with Crippen LogP contribution in [0.1, 0.15) is 117 Å². The van der Waals surface area contributed by atoms with Gasteiger partial charge in [-0.15, -0.1) is 5.10 Å². The van der Waals surface area contributed by atoms with Gasteiger partial charge < -0.3 is 75.2 Å². The lowest BCUT2D eigenvalue weighted by atomic mass is 9.95. The molecule has 0 bridgehead atoms. The maximum Gasteiger partial charge on any atom is 0.416 e. The Bertz CT molecular complexity index is 4380. The van der Waals surface area contributed by atoms with Gasteiger partial charge in [-0.05, 0) is 117 Å². The average Bonchev–Trinajstić information content (AvgIpc) is 1.56. The van der Waals surface area contributed by atoms with E-state index in [2.05, 4.69) is 41.9 Å². The van der Waals surface area contributed by atoms with Gasteiger partial charge in [0.05, 0.1) is 99.6 Å². The van der Waals surface area contributed by atoms with Crippen LogP contribution in [0.4, 0.5) is 27.5 Å². The zero-order chi connectivity index (χ0) is 73.5. The van der Waals surface area contributed by atoms with Crippen molar-refractivity contribution in [1.29, 1.82) is 0 Å². The molecule has 6 aromatic rings. The minimum Gasteiger partial charge on any atom is -0.493 e. The third-order valence-corrected chi connectivity index (χ3v) is 19.6. The van der Waals surface area contributed by atoms with Gasteiger partial charge in [0.15, 0.2) is 29.2 Å². The summed E-state index contributed by atoms with van der Waals surface area (Å²) in [5, 5.41) is 43.6. The van der Waals surface area contributed by atoms with Gasteiger partial charge in [0.2, 0.25) is 35.4 Å². The summed E-state index contributed by atoms with van der Waals surface area (Å²) in [7, 11) is 2.94. The quantitative estimate of drug-likeness (QED) is 0.0264. The van der Waals surface area contributed by atoms with E-state index in [1.165, 1.54) is 33.3 Å². The van der Waals surface area contributed by atoms with Gasteiger partial charge in [0, 0.05) is 67.3 Å². The fourth-order valence-corrected chi connectivity index (χ4v) is 13.7. The molecule has 546 valence electrons. The number of anilines is 3. The molecule has 0 radical (unpaired) electrons. The number of benzene rings is 5. The van der Waals surface area contributed by atoms with Crippen LogP contribution in [0.15, 0.2) is 114 Å². The number of unbranched alkanes of at least 4 members (excludes halogenated alkanes) is 2. The monoisotopic (exact) mass is 1420 g/mol. The number of aryl methyl sites for hydroxylation is 1. The molecular weight excluding hydrogens is 1340 g/mol. The molecule has 29 heteroatoms. The van der Waals surface area contributed by atoms with Crippen molar-refractivity contribution in [3.05, 3.63) is 131 Å². The Morgan fingerprint density at radius 3 is 2.11 bits per heavy atom. The lowest BCUT2D eigenvalue weighted by Gasteiger charge is -2.31. The molecular formula is C75H85N13O16. The zero-order valence-corrected chi connectivity index (χ0v) is 58.8. The number of ether oxygens (including phenoxy) is 5. The van der Waals surface area contributed by atoms with E-state index >= 15 is 0 Å². The van der Waals surface area contributed by atoms with Crippen molar-refractivity contribution < 1.29 is 77.0 Å². The summed E-state index contributed by atoms with van der Waals surface area (Å²) in [5.41, 5.74) is 7.07. The smallest absolute Gasteiger partial charge is 0.416 e. The molecule has 5 atom stereocenters. The number of aliphatic hydroxyl groups excluding tert-OH is 2. The van der Waals surface area contributed by atoms with Gasteiger partial charge in [-0.2, -0.15) is 0 Å². The third kappa shape index (κ3) is 15.7. The van der Waals surface area contributed by atoms with Gasteiger partial charge in [-0.3, -0.25) is 43.3 Å². The second-order valence-electron chi connectivity index (χ2n) is 27.1. The number of methoxy groups -OCH3 is 2. The molecule has 6 aliphatic rings. The van der Waals surface area contributed by atoms with Crippen LogP contribution in [0.2, 0.25) is 0 Å². The van der Waals surface area contributed by atoms with Crippen molar-refractivity contribution in [2.24, 2.45) is 16.3 Å². The SMILES string of the molecule is CCn1nnc2c1-c1ccccc1N(C(=O)CCC(=O)NCC(=O)NCC(=O)N[C@H](C(=O)N[C@@H](C)C(=O)Nc1ccc(COC(=O)N3c4cc(OCCCCCOc5cc6c(cc5OC)C(=O)N5C=C(CO)C[C@H]5C=N6)c(OC)cc4C(=O)N4CC5(CC5)C[C@H]4C3O)cc1)C(C)C)Cc1ccccc1-2. The number of fused-ring (bicyclic) bond motifs is 9. The molecule has 104 heavy (non-hydrogen) atoms. The minimum atomic E-state index is -1.48. The summed E-state index contributed by atoms with van der Waals surface area (Å²) in [5.74, 6) is -3.31. The second-order valence-corrected chi connectivity index (χ2v) is 27.1. The van der Waals surface area contributed by atoms with E-state index in [0.717, 1.165) is 45.7 Å². The normalized spacial score (nSPS) is 17.7. The first-order valence-corrected chi connectivity index (χ1v) is 35.0. The van der Waals surface area contributed by atoms with Crippen LogP contribution in [-0.4, -0.2) is 179 Å². The first-order valence-electron chi connectivity index (χ1n) is 35.0. The lowest BCUT2D eigenvalue weighted by molar-refractivity contribution is -0.132. The molecule has 2 fully saturated rings. The van der Waals surface area contributed by atoms with Gasteiger partial charge in [-0.1, -0.05) is 73.7 Å². The molecule has 12 rings (SSSR count). The number of aliphatic hydroxyl groups is 2. The number of rotatable bonds is 27. The number of hydrogen-bond donors (Lipinski definition) is 7. The molecule has 5 aromatic carbocycles. The molecule has 9 amide bonds. The summed E-state index contributed by atoms with van der Waals surface area (Å²) in [4.78, 5) is 133. The predicted octanol–water partition coefficient (Wildman–Crippen LogP) is 6.70. The number of hydrogen-bond acceptors (Lipinski definition) is 19. The van der Waals surface area contributed by atoms with Crippen molar-refractivity contribution in [3.8, 4) is 45.5 Å². The highest BCUT2D eigenvalue weighted by Crippen LogP contribution is 2.57. The van der Waals surface area contributed by atoms with E-state index in [9.17, 15) is 53.4 Å². The van der Waals surface area contributed by atoms with Gasteiger partial charge in [-0.25, -0.2) is 14.4 Å². The zero-order valence-electron chi connectivity index (χ0n) is 58.8. The van der Waals surface area contributed by atoms with E-state index in [-0.39, 0.29) is 91.1 Å². The topological polar surface area (TPSA) is 356 Å². The van der Waals surface area contributed by atoms with Crippen LogP contribution in [0, 0.1) is 11.3 Å². The highest BCUT2D eigenvalue weighted by molar-refractivity contribution is 6.07. The van der Waals surface area contributed by atoms with E-state index < -0.39 is 79.0 Å². The van der Waals surface area contributed by atoms with E-state index in [0.29, 0.717) is 97.2 Å². The van der Waals surface area contributed by atoms with Crippen molar-refractivity contribution in [3.63, 3.8) is 0 Å². The number of para-hydroxylation sites is 1.